The van der Waals surface area contributed by atoms with Crippen LogP contribution in [0.25, 0.3) is 0 Å². The Balaban J connectivity index is 2.47. The quantitative estimate of drug-likeness (QED) is 0.890. The SMILES string of the molecule is CC(Oc1cccc(Cl)c1)C(O)CCC(F)(F)F. The molecule has 0 aliphatic carbocycles. The Hall–Kier alpha value is -0.940. The van der Waals surface area contributed by atoms with Gasteiger partial charge in [-0.05, 0) is 31.5 Å². The molecule has 0 amide bonds. The van der Waals surface area contributed by atoms with Gasteiger partial charge in [0.15, 0.2) is 0 Å². The molecule has 0 heterocycles. The van der Waals surface area contributed by atoms with E-state index in [1.54, 1.807) is 18.2 Å². The average molecular weight is 283 g/mol. The third kappa shape index (κ3) is 5.60. The molecule has 0 aliphatic rings. The number of rotatable bonds is 5. The van der Waals surface area contributed by atoms with Crippen LogP contribution in [0.15, 0.2) is 24.3 Å². The molecule has 18 heavy (non-hydrogen) atoms. The van der Waals surface area contributed by atoms with Crippen molar-refractivity contribution in [1.82, 2.24) is 0 Å². The Morgan fingerprint density at radius 1 is 1.39 bits per heavy atom. The first-order valence-electron chi connectivity index (χ1n) is 5.45. The summed E-state index contributed by atoms with van der Waals surface area (Å²) in [5.74, 6) is 0.418. The van der Waals surface area contributed by atoms with Gasteiger partial charge in [0.25, 0.3) is 0 Å². The van der Waals surface area contributed by atoms with E-state index in [9.17, 15) is 18.3 Å². The first kappa shape index (κ1) is 15.1. The topological polar surface area (TPSA) is 29.5 Å². The van der Waals surface area contributed by atoms with E-state index in [-0.39, 0.29) is 6.42 Å². The summed E-state index contributed by atoms with van der Waals surface area (Å²) in [5, 5.41) is 10.0. The number of hydrogen-bond acceptors (Lipinski definition) is 2. The Kier molecular flexibility index (Phi) is 5.28. The molecule has 2 nitrogen and oxygen atoms in total. The van der Waals surface area contributed by atoms with Crippen LogP contribution in [0.1, 0.15) is 19.8 Å². The molecule has 102 valence electrons. The fraction of sp³-hybridized carbons (Fsp3) is 0.500. The van der Waals surface area contributed by atoms with Gasteiger partial charge in [-0.15, -0.1) is 0 Å². The highest BCUT2D eigenvalue weighted by Crippen LogP contribution is 2.24. The number of hydrogen-bond donors (Lipinski definition) is 1. The lowest BCUT2D eigenvalue weighted by molar-refractivity contribution is -0.142. The molecule has 0 spiro atoms. The van der Waals surface area contributed by atoms with Crippen molar-refractivity contribution in [3.63, 3.8) is 0 Å². The van der Waals surface area contributed by atoms with Gasteiger partial charge in [-0.2, -0.15) is 13.2 Å². The fourth-order valence-corrected chi connectivity index (χ4v) is 1.56. The van der Waals surface area contributed by atoms with Crippen LogP contribution in [0.2, 0.25) is 5.02 Å². The van der Waals surface area contributed by atoms with Gasteiger partial charge in [-0.1, -0.05) is 17.7 Å². The number of alkyl halides is 3. The van der Waals surface area contributed by atoms with Crippen LogP contribution >= 0.6 is 11.6 Å². The second-order valence-electron chi connectivity index (χ2n) is 4.00. The number of aliphatic hydroxyl groups is 1. The number of halogens is 4. The molecule has 1 aromatic rings. The van der Waals surface area contributed by atoms with Crippen molar-refractivity contribution < 1.29 is 23.0 Å². The number of benzene rings is 1. The molecular formula is C12H14ClF3O2. The number of ether oxygens (including phenoxy) is 1. The van der Waals surface area contributed by atoms with Crippen molar-refractivity contribution in [2.24, 2.45) is 0 Å². The summed E-state index contributed by atoms with van der Waals surface area (Å²) in [6.07, 6.45) is -7.59. The van der Waals surface area contributed by atoms with Crippen molar-refractivity contribution >= 4 is 11.6 Å². The van der Waals surface area contributed by atoms with E-state index in [0.29, 0.717) is 10.8 Å². The molecular weight excluding hydrogens is 269 g/mol. The van der Waals surface area contributed by atoms with Crippen molar-refractivity contribution in [1.29, 1.82) is 0 Å². The summed E-state index contributed by atoms with van der Waals surface area (Å²) < 4.78 is 41.3. The standard InChI is InChI=1S/C12H14ClF3O2/c1-8(11(17)5-6-12(14,15)16)18-10-4-2-3-9(13)7-10/h2-4,7-8,11,17H,5-6H2,1H3. The van der Waals surface area contributed by atoms with E-state index in [4.69, 9.17) is 16.3 Å². The molecule has 0 bridgehead atoms. The molecule has 0 radical (unpaired) electrons. The van der Waals surface area contributed by atoms with Gasteiger partial charge in [0.05, 0.1) is 6.10 Å². The lowest BCUT2D eigenvalue weighted by atomic mass is 10.1. The van der Waals surface area contributed by atoms with Gasteiger partial charge in [-0.25, -0.2) is 0 Å². The molecule has 1 rings (SSSR count). The Labute approximate surface area is 108 Å². The summed E-state index contributed by atoms with van der Waals surface area (Å²) in [4.78, 5) is 0. The smallest absolute Gasteiger partial charge is 0.389 e. The average Bonchev–Trinajstić information content (AvgIpc) is 2.24. The summed E-state index contributed by atoms with van der Waals surface area (Å²) in [6.45, 7) is 1.52. The maximum absolute atomic E-state index is 12.0. The first-order chi connectivity index (χ1) is 8.28. The van der Waals surface area contributed by atoms with Crippen LogP contribution in [0, 0.1) is 0 Å². The predicted molar refractivity (Wildman–Crippen MR) is 62.8 cm³/mol. The van der Waals surface area contributed by atoms with Gasteiger partial charge < -0.3 is 9.84 Å². The minimum atomic E-state index is -4.27. The van der Waals surface area contributed by atoms with E-state index >= 15 is 0 Å². The monoisotopic (exact) mass is 282 g/mol. The largest absolute Gasteiger partial charge is 0.488 e. The van der Waals surface area contributed by atoms with Gasteiger partial charge in [0.2, 0.25) is 0 Å². The summed E-state index contributed by atoms with van der Waals surface area (Å²) in [7, 11) is 0. The van der Waals surface area contributed by atoms with Gasteiger partial charge in [-0.3, -0.25) is 0 Å². The zero-order chi connectivity index (χ0) is 13.8. The van der Waals surface area contributed by atoms with Crippen LogP contribution in [-0.2, 0) is 0 Å². The summed E-state index contributed by atoms with van der Waals surface area (Å²) >= 11 is 5.74. The highest BCUT2D eigenvalue weighted by Gasteiger charge is 2.29. The minimum Gasteiger partial charge on any atom is -0.488 e. The Morgan fingerprint density at radius 2 is 2.06 bits per heavy atom. The van der Waals surface area contributed by atoms with E-state index in [0.717, 1.165) is 0 Å². The molecule has 0 saturated heterocycles. The molecule has 0 fully saturated rings. The van der Waals surface area contributed by atoms with E-state index < -0.39 is 24.8 Å². The Morgan fingerprint density at radius 3 is 2.61 bits per heavy atom. The Bertz CT molecular complexity index is 382. The number of aliphatic hydroxyl groups excluding tert-OH is 1. The molecule has 1 aromatic carbocycles. The predicted octanol–water partition coefficient (Wildman–Crippen LogP) is 3.81. The van der Waals surface area contributed by atoms with Crippen molar-refractivity contribution in [2.45, 2.75) is 38.1 Å². The molecule has 0 aliphatic heterocycles. The lowest BCUT2D eigenvalue weighted by Crippen LogP contribution is -2.30. The van der Waals surface area contributed by atoms with E-state index in [1.807, 2.05) is 0 Å². The van der Waals surface area contributed by atoms with Crippen LogP contribution in [0.4, 0.5) is 13.2 Å². The van der Waals surface area contributed by atoms with Crippen molar-refractivity contribution in [2.75, 3.05) is 0 Å². The minimum absolute atomic E-state index is 0.384. The van der Waals surface area contributed by atoms with Gasteiger partial charge >= 0.3 is 6.18 Å². The van der Waals surface area contributed by atoms with Crippen LogP contribution in [0.3, 0.4) is 0 Å². The molecule has 0 aromatic heterocycles. The summed E-state index contributed by atoms with van der Waals surface area (Å²) in [6, 6.07) is 6.47. The second-order valence-corrected chi connectivity index (χ2v) is 4.44. The van der Waals surface area contributed by atoms with Crippen molar-refractivity contribution in [3.05, 3.63) is 29.3 Å². The van der Waals surface area contributed by atoms with Gasteiger partial charge in [0, 0.05) is 11.4 Å². The highest BCUT2D eigenvalue weighted by atomic mass is 35.5. The third-order valence-electron chi connectivity index (χ3n) is 2.38. The second kappa shape index (κ2) is 6.29. The van der Waals surface area contributed by atoms with Gasteiger partial charge in [0.1, 0.15) is 11.9 Å². The molecule has 2 atom stereocenters. The highest BCUT2D eigenvalue weighted by molar-refractivity contribution is 6.30. The zero-order valence-corrected chi connectivity index (χ0v) is 10.5. The maximum atomic E-state index is 12.0. The molecule has 0 saturated carbocycles. The van der Waals surface area contributed by atoms with Crippen LogP contribution in [-0.4, -0.2) is 23.5 Å². The van der Waals surface area contributed by atoms with Crippen LogP contribution < -0.4 is 4.74 Å². The van der Waals surface area contributed by atoms with Crippen LogP contribution in [0.5, 0.6) is 5.75 Å². The normalized spacial score (nSPS) is 15.2. The lowest BCUT2D eigenvalue weighted by Gasteiger charge is -2.21. The molecule has 6 heteroatoms. The fourth-order valence-electron chi connectivity index (χ4n) is 1.38. The molecule has 2 unspecified atom stereocenters. The van der Waals surface area contributed by atoms with E-state index in [1.165, 1.54) is 13.0 Å². The summed E-state index contributed by atoms with van der Waals surface area (Å²) in [5.41, 5.74) is 0. The molecule has 1 N–H and O–H groups in total. The zero-order valence-electron chi connectivity index (χ0n) is 9.75. The van der Waals surface area contributed by atoms with E-state index in [2.05, 4.69) is 0 Å². The third-order valence-corrected chi connectivity index (χ3v) is 2.62. The maximum Gasteiger partial charge on any atom is 0.389 e. The van der Waals surface area contributed by atoms with Crippen molar-refractivity contribution in [3.8, 4) is 5.75 Å². The first-order valence-corrected chi connectivity index (χ1v) is 5.83.